The van der Waals surface area contributed by atoms with E-state index >= 15 is 0 Å². The molecule has 0 aromatic rings. The number of rotatable bonds is 16. The minimum Gasteiger partial charge on any atom is -0.464 e. The predicted molar refractivity (Wildman–Crippen MR) is 90.3 cm³/mol. The van der Waals surface area contributed by atoms with Crippen molar-refractivity contribution in [3.05, 3.63) is 0 Å². The van der Waals surface area contributed by atoms with Gasteiger partial charge in [0, 0.05) is 0 Å². The lowest BCUT2D eigenvalue weighted by Crippen LogP contribution is -2.19. The van der Waals surface area contributed by atoms with Crippen LogP contribution in [0.15, 0.2) is 0 Å². The molecule has 0 radical (unpaired) electrons. The molecule has 0 aliphatic carbocycles. The van der Waals surface area contributed by atoms with Crippen LogP contribution >= 0.6 is 0 Å². The second-order valence-corrected chi connectivity index (χ2v) is 5.76. The summed E-state index contributed by atoms with van der Waals surface area (Å²) in [5, 5.41) is 0. The van der Waals surface area contributed by atoms with E-state index in [9.17, 15) is 9.59 Å². The fourth-order valence-corrected chi connectivity index (χ4v) is 2.08. The molecule has 0 fully saturated rings. The van der Waals surface area contributed by atoms with Gasteiger partial charge in [-0.3, -0.25) is 0 Å². The van der Waals surface area contributed by atoms with Crippen LogP contribution in [0.25, 0.3) is 0 Å². The van der Waals surface area contributed by atoms with Gasteiger partial charge in [0.15, 0.2) is 0 Å². The zero-order chi connectivity index (χ0) is 17.2. The van der Waals surface area contributed by atoms with Crippen LogP contribution in [0, 0.1) is 0 Å². The van der Waals surface area contributed by atoms with Gasteiger partial charge in [0.2, 0.25) is 0 Å². The van der Waals surface area contributed by atoms with Crippen molar-refractivity contribution >= 4 is 11.9 Å². The zero-order valence-electron chi connectivity index (χ0n) is 14.9. The Hall–Kier alpha value is -1.10. The molecule has 136 valence electrons. The van der Waals surface area contributed by atoms with E-state index in [-0.39, 0.29) is 13.2 Å². The lowest BCUT2D eigenvalue weighted by Gasteiger charge is -2.07. The first kappa shape index (κ1) is 21.9. The Morgan fingerprint density at radius 3 is 1.39 bits per heavy atom. The second-order valence-electron chi connectivity index (χ2n) is 5.76. The first-order valence-electron chi connectivity index (χ1n) is 9.09. The topological polar surface area (TPSA) is 61.8 Å². The molecule has 0 saturated heterocycles. The van der Waals surface area contributed by atoms with Crippen molar-refractivity contribution in [1.82, 2.24) is 0 Å². The molecule has 0 saturated carbocycles. The number of hydrogen-bond acceptors (Lipinski definition) is 5. The minimum atomic E-state index is -0.423. The Kier molecular flexibility index (Phi) is 16.4. The van der Waals surface area contributed by atoms with Crippen molar-refractivity contribution in [3.8, 4) is 0 Å². The summed E-state index contributed by atoms with van der Waals surface area (Å²) in [7, 11) is 0. The van der Waals surface area contributed by atoms with E-state index in [4.69, 9.17) is 14.2 Å². The van der Waals surface area contributed by atoms with Crippen LogP contribution in [0.4, 0.5) is 0 Å². The summed E-state index contributed by atoms with van der Waals surface area (Å²) >= 11 is 0. The van der Waals surface area contributed by atoms with E-state index < -0.39 is 11.9 Å². The SMILES string of the molecule is CCCCCCCOC(=O)COCC(=O)OCCCCCCC. The molecular formula is C18H34O5. The normalized spacial score (nSPS) is 10.5. The van der Waals surface area contributed by atoms with E-state index in [1.165, 1.54) is 38.5 Å². The molecule has 0 N–H and O–H groups in total. The van der Waals surface area contributed by atoms with Crippen molar-refractivity contribution in [2.45, 2.75) is 78.1 Å². The summed E-state index contributed by atoms with van der Waals surface area (Å²) in [5.74, 6) is -0.847. The second kappa shape index (κ2) is 17.3. The van der Waals surface area contributed by atoms with Crippen LogP contribution in [0.5, 0.6) is 0 Å². The Bertz CT molecular complexity index is 263. The molecule has 0 bridgehead atoms. The molecule has 0 aromatic carbocycles. The van der Waals surface area contributed by atoms with Gasteiger partial charge in [-0.2, -0.15) is 0 Å². The molecule has 5 heteroatoms. The van der Waals surface area contributed by atoms with Crippen LogP contribution in [0.3, 0.4) is 0 Å². The van der Waals surface area contributed by atoms with Gasteiger partial charge in [0.05, 0.1) is 13.2 Å². The highest BCUT2D eigenvalue weighted by Crippen LogP contribution is 2.03. The van der Waals surface area contributed by atoms with Crippen molar-refractivity contribution in [3.63, 3.8) is 0 Å². The molecule has 0 aliphatic rings. The fourth-order valence-electron chi connectivity index (χ4n) is 2.08. The van der Waals surface area contributed by atoms with Crippen LogP contribution in [-0.2, 0) is 23.8 Å². The summed E-state index contributed by atoms with van der Waals surface area (Å²) in [6, 6.07) is 0. The van der Waals surface area contributed by atoms with E-state index in [0.717, 1.165) is 25.7 Å². The average Bonchev–Trinajstić information content (AvgIpc) is 2.54. The summed E-state index contributed by atoms with van der Waals surface area (Å²) in [4.78, 5) is 22.7. The van der Waals surface area contributed by atoms with Gasteiger partial charge >= 0.3 is 11.9 Å². The van der Waals surface area contributed by atoms with E-state index in [1.54, 1.807) is 0 Å². The molecule has 23 heavy (non-hydrogen) atoms. The lowest BCUT2D eigenvalue weighted by atomic mass is 10.2. The maximum atomic E-state index is 11.4. The minimum absolute atomic E-state index is 0.194. The molecule has 0 spiro atoms. The third-order valence-electron chi connectivity index (χ3n) is 3.46. The van der Waals surface area contributed by atoms with Crippen LogP contribution < -0.4 is 0 Å². The summed E-state index contributed by atoms with van der Waals surface area (Å²) in [6.07, 6.45) is 11.1. The highest BCUT2D eigenvalue weighted by molar-refractivity contribution is 5.73. The third-order valence-corrected chi connectivity index (χ3v) is 3.46. The van der Waals surface area contributed by atoms with Crippen molar-refractivity contribution in [2.75, 3.05) is 26.4 Å². The summed E-state index contributed by atoms with van der Waals surface area (Å²) < 4.78 is 15.0. The molecule has 0 amide bonds. The van der Waals surface area contributed by atoms with Gasteiger partial charge in [-0.1, -0.05) is 65.2 Å². The number of unbranched alkanes of at least 4 members (excludes halogenated alkanes) is 8. The largest absolute Gasteiger partial charge is 0.464 e. The van der Waals surface area contributed by atoms with Gasteiger partial charge in [-0.05, 0) is 12.8 Å². The maximum absolute atomic E-state index is 11.4. The smallest absolute Gasteiger partial charge is 0.332 e. The van der Waals surface area contributed by atoms with Gasteiger partial charge in [-0.25, -0.2) is 9.59 Å². The van der Waals surface area contributed by atoms with Crippen molar-refractivity contribution < 1.29 is 23.8 Å². The highest BCUT2D eigenvalue weighted by Gasteiger charge is 2.07. The molecule has 0 aliphatic heterocycles. The summed E-state index contributed by atoms with van der Waals surface area (Å²) in [6.45, 7) is 4.78. The molecule has 5 nitrogen and oxygen atoms in total. The van der Waals surface area contributed by atoms with Gasteiger partial charge in [-0.15, -0.1) is 0 Å². The Labute approximate surface area is 141 Å². The Balaban J connectivity index is 3.33. The zero-order valence-corrected chi connectivity index (χ0v) is 14.9. The molecule has 0 rings (SSSR count). The highest BCUT2D eigenvalue weighted by atomic mass is 16.6. The average molecular weight is 330 g/mol. The maximum Gasteiger partial charge on any atom is 0.332 e. The molecule has 0 atom stereocenters. The quantitative estimate of drug-likeness (QED) is 0.316. The number of ether oxygens (including phenoxy) is 3. The van der Waals surface area contributed by atoms with Gasteiger partial charge in [0.25, 0.3) is 0 Å². The Morgan fingerprint density at radius 2 is 1.00 bits per heavy atom. The van der Waals surface area contributed by atoms with Crippen LogP contribution in [0.2, 0.25) is 0 Å². The standard InChI is InChI=1S/C18H34O5/c1-3-5-7-9-11-13-22-17(19)15-21-16-18(20)23-14-12-10-8-6-4-2/h3-16H2,1-2H3. The number of carbonyl (C=O) groups excluding carboxylic acids is 2. The monoisotopic (exact) mass is 330 g/mol. The first-order chi connectivity index (χ1) is 11.2. The molecular weight excluding hydrogens is 296 g/mol. The van der Waals surface area contributed by atoms with Crippen LogP contribution in [-0.4, -0.2) is 38.4 Å². The van der Waals surface area contributed by atoms with Crippen LogP contribution in [0.1, 0.15) is 78.1 Å². The number of hydrogen-bond donors (Lipinski definition) is 0. The molecule has 0 unspecified atom stereocenters. The predicted octanol–water partition coefficient (Wildman–Crippen LogP) is 4.03. The third kappa shape index (κ3) is 17.1. The van der Waals surface area contributed by atoms with Crippen molar-refractivity contribution in [2.24, 2.45) is 0 Å². The number of carbonyl (C=O) groups is 2. The number of esters is 2. The first-order valence-corrected chi connectivity index (χ1v) is 9.09. The van der Waals surface area contributed by atoms with Gasteiger partial charge in [0.1, 0.15) is 13.2 Å². The van der Waals surface area contributed by atoms with E-state index in [2.05, 4.69) is 13.8 Å². The fraction of sp³-hybridized carbons (Fsp3) is 0.889. The summed E-state index contributed by atoms with van der Waals surface area (Å²) in [5.41, 5.74) is 0. The van der Waals surface area contributed by atoms with E-state index in [1.807, 2.05) is 0 Å². The Morgan fingerprint density at radius 1 is 0.609 bits per heavy atom. The van der Waals surface area contributed by atoms with E-state index in [0.29, 0.717) is 13.2 Å². The molecule has 0 heterocycles. The van der Waals surface area contributed by atoms with Crippen molar-refractivity contribution in [1.29, 1.82) is 0 Å². The molecule has 0 aromatic heterocycles. The lowest BCUT2D eigenvalue weighted by molar-refractivity contribution is -0.155. The van der Waals surface area contributed by atoms with Gasteiger partial charge < -0.3 is 14.2 Å².